The first-order valence-electron chi connectivity index (χ1n) is 10.3. The molecule has 0 unspecified atom stereocenters. The van der Waals surface area contributed by atoms with Gasteiger partial charge in [0.2, 0.25) is 0 Å². The monoisotopic (exact) mass is 426 g/mol. The predicted octanol–water partition coefficient (Wildman–Crippen LogP) is 8.42. The fraction of sp³-hybridized carbons (Fsp3) is 0.520. The lowest BCUT2D eigenvalue weighted by Gasteiger charge is -2.16. The van der Waals surface area contributed by atoms with Crippen LogP contribution in [-0.4, -0.2) is 14.7 Å². The van der Waals surface area contributed by atoms with Gasteiger partial charge in [-0.05, 0) is 62.3 Å². The quantitative estimate of drug-likeness (QED) is 0.445. The first kappa shape index (κ1) is 32.0. The maximum Gasteiger partial charge on any atom is 0.175 e. The van der Waals surface area contributed by atoms with E-state index in [1.54, 1.807) is 12.1 Å². The fourth-order valence-corrected chi connectivity index (χ4v) is 2.83. The summed E-state index contributed by atoms with van der Waals surface area (Å²) in [5.74, 6) is -0.333. The summed E-state index contributed by atoms with van der Waals surface area (Å²) in [5, 5.41) is 0. The summed E-state index contributed by atoms with van der Waals surface area (Å²) in [6.45, 7) is 20.7. The molecule has 1 aromatic carbocycles. The maximum absolute atomic E-state index is 11.4. The van der Waals surface area contributed by atoms with Crippen LogP contribution in [0.5, 0.6) is 0 Å². The van der Waals surface area contributed by atoms with Crippen molar-refractivity contribution in [1.82, 2.24) is 0 Å². The van der Waals surface area contributed by atoms with Crippen molar-refractivity contribution in [2.45, 2.75) is 80.1 Å². The van der Waals surface area contributed by atoms with Gasteiger partial charge in [0.15, 0.2) is 9.84 Å². The molecular weight excluding hydrogens is 383 g/mol. The summed E-state index contributed by atoms with van der Waals surface area (Å²) in [7, 11) is -3.09. The summed E-state index contributed by atoms with van der Waals surface area (Å²) in [6.07, 6.45) is 9.65. The smallest absolute Gasteiger partial charge is 0.175 e. The van der Waals surface area contributed by atoms with Crippen LogP contribution in [0.1, 0.15) is 80.7 Å². The third-order valence-corrected chi connectivity index (χ3v) is 4.69. The molecule has 0 radical (unpaired) electrons. The minimum absolute atomic E-state index is 0.333. The largest absolute Gasteiger partial charge is 0.224 e. The Bertz CT molecular complexity index is 702. The van der Waals surface area contributed by atoms with Gasteiger partial charge >= 0.3 is 0 Å². The number of benzene rings is 1. The molecule has 29 heavy (non-hydrogen) atoms. The molecule has 0 N–H and O–H groups in total. The van der Waals surface area contributed by atoms with E-state index < -0.39 is 9.84 Å². The average molecular weight is 427 g/mol. The van der Waals surface area contributed by atoms with E-state index >= 15 is 0 Å². The molecule has 168 valence electrons. The molecule has 0 spiro atoms. The molecule has 1 aromatic rings. The minimum Gasteiger partial charge on any atom is -0.224 e. The molecule has 0 fully saturated rings. The molecule has 0 bridgehead atoms. The normalized spacial score (nSPS) is 13.8. The number of halogens is 1. The van der Waals surface area contributed by atoms with E-state index in [1.807, 2.05) is 65.8 Å². The zero-order valence-corrected chi connectivity index (χ0v) is 21.1. The van der Waals surface area contributed by atoms with Gasteiger partial charge in [0.05, 0.1) is 10.7 Å². The Kier molecular flexibility index (Phi) is 19.0. The molecule has 2 rings (SSSR count). The fourth-order valence-electron chi connectivity index (χ4n) is 2.20. The molecule has 0 saturated carbocycles. The molecule has 1 aliphatic carbocycles. The first-order chi connectivity index (χ1) is 13.4. The second kappa shape index (κ2) is 17.2. The molecule has 0 aromatic heterocycles. The van der Waals surface area contributed by atoms with Crippen molar-refractivity contribution in [3.63, 3.8) is 0 Å². The summed E-state index contributed by atoms with van der Waals surface area (Å²) in [6, 6.07) is 7.20. The topological polar surface area (TPSA) is 34.1 Å². The van der Waals surface area contributed by atoms with Crippen molar-refractivity contribution in [1.29, 1.82) is 0 Å². The number of rotatable bonds is 2. The zero-order valence-electron chi connectivity index (χ0n) is 20.3. The van der Waals surface area contributed by atoms with Crippen LogP contribution in [-0.2, 0) is 9.84 Å². The maximum atomic E-state index is 11.4. The zero-order chi connectivity index (χ0) is 23.7. The highest BCUT2D eigenvalue weighted by molar-refractivity contribution is 7.90. The Hall–Kier alpha value is -1.68. The van der Waals surface area contributed by atoms with E-state index in [9.17, 15) is 12.8 Å². The molecule has 1 aliphatic rings. The van der Waals surface area contributed by atoms with E-state index in [0.717, 1.165) is 18.4 Å². The van der Waals surface area contributed by atoms with Gasteiger partial charge < -0.3 is 0 Å². The lowest BCUT2D eigenvalue weighted by Crippen LogP contribution is -2.04. The number of hydrogen-bond donors (Lipinski definition) is 0. The molecule has 0 saturated heterocycles. The third-order valence-electron chi connectivity index (χ3n) is 3.56. The summed E-state index contributed by atoms with van der Waals surface area (Å²) in [4.78, 5) is 0.388. The molecule has 0 heterocycles. The predicted molar refractivity (Wildman–Crippen MR) is 130 cm³/mol. The lowest BCUT2D eigenvalue weighted by molar-refractivity contribution is 0.403. The highest BCUT2D eigenvalue weighted by Crippen LogP contribution is 2.40. The van der Waals surface area contributed by atoms with E-state index in [-0.39, 0.29) is 5.83 Å². The van der Waals surface area contributed by atoms with E-state index in [0.29, 0.717) is 10.3 Å². The highest BCUT2D eigenvalue weighted by Gasteiger charge is 2.25. The Balaban J connectivity index is -0.000000472. The van der Waals surface area contributed by atoms with Crippen LogP contribution in [0.15, 0.2) is 59.8 Å². The molecule has 4 heteroatoms. The summed E-state index contributed by atoms with van der Waals surface area (Å²) in [5.41, 5.74) is 2.81. The van der Waals surface area contributed by atoms with Crippen LogP contribution in [0.3, 0.4) is 0 Å². The molecule has 2 nitrogen and oxygen atoms in total. The highest BCUT2D eigenvalue weighted by atomic mass is 32.2. The number of sulfone groups is 1. The van der Waals surface area contributed by atoms with Gasteiger partial charge in [0, 0.05) is 6.26 Å². The van der Waals surface area contributed by atoms with Gasteiger partial charge in [-0.3, -0.25) is 0 Å². The first-order valence-corrected chi connectivity index (χ1v) is 12.2. The van der Waals surface area contributed by atoms with Crippen molar-refractivity contribution in [2.75, 3.05) is 6.26 Å². The van der Waals surface area contributed by atoms with Crippen LogP contribution in [0, 0.1) is 5.41 Å². The van der Waals surface area contributed by atoms with E-state index in [2.05, 4.69) is 26.5 Å². The van der Waals surface area contributed by atoms with Crippen LogP contribution in [0.25, 0.3) is 5.57 Å². The number of allylic oxidation sites excluding steroid dienone is 5. The molecule has 0 amide bonds. The summed E-state index contributed by atoms with van der Waals surface area (Å²) >= 11 is 0. The Morgan fingerprint density at radius 2 is 1.41 bits per heavy atom. The van der Waals surface area contributed by atoms with Crippen molar-refractivity contribution in [3.8, 4) is 0 Å². The second-order valence-electron chi connectivity index (χ2n) is 6.91. The van der Waals surface area contributed by atoms with Gasteiger partial charge in [-0.25, -0.2) is 12.8 Å². The van der Waals surface area contributed by atoms with Gasteiger partial charge in [-0.2, -0.15) is 0 Å². The Morgan fingerprint density at radius 1 is 1.03 bits per heavy atom. The molecule has 0 atom stereocenters. The SMILES string of the molecule is C/C=C\C.C=C(C)F.CC.CC.CC1(C)CC=C(c2ccc(S(C)(=O)=O)cc2)C1. The number of hydrogen-bond acceptors (Lipinski definition) is 2. The molecule has 0 aliphatic heterocycles. The van der Waals surface area contributed by atoms with Gasteiger partial charge in [0.25, 0.3) is 0 Å². The van der Waals surface area contributed by atoms with Gasteiger partial charge in [-0.1, -0.05) is 78.5 Å². The third kappa shape index (κ3) is 16.9. The van der Waals surface area contributed by atoms with Crippen molar-refractivity contribution in [3.05, 3.63) is 60.5 Å². The van der Waals surface area contributed by atoms with E-state index in [4.69, 9.17) is 0 Å². The standard InChI is InChI=1S/C14H18O2S.C4H8.C3H5F.2C2H6/c1-14(2)9-8-12(10-14)11-4-6-13(7-5-11)17(3,15)16;1-3-4-2;1-3(2)4;2*1-2/h4-8H,9-10H2,1-3H3;3-4H,1-2H3;1H2,2H3;2*1-2H3/b;4-3-;;;. The van der Waals surface area contributed by atoms with Crippen LogP contribution >= 0.6 is 0 Å². The second-order valence-corrected chi connectivity index (χ2v) is 8.93. The van der Waals surface area contributed by atoms with Crippen LogP contribution in [0.4, 0.5) is 4.39 Å². The van der Waals surface area contributed by atoms with Crippen LogP contribution in [0.2, 0.25) is 0 Å². The minimum atomic E-state index is -3.09. The van der Waals surface area contributed by atoms with Crippen LogP contribution < -0.4 is 0 Å². The molecular formula is C25H43FO2S. The Morgan fingerprint density at radius 3 is 1.66 bits per heavy atom. The lowest BCUT2D eigenvalue weighted by atomic mass is 9.88. The summed E-state index contributed by atoms with van der Waals surface area (Å²) < 4.78 is 33.5. The van der Waals surface area contributed by atoms with E-state index in [1.165, 1.54) is 18.8 Å². The van der Waals surface area contributed by atoms with Gasteiger partial charge in [0.1, 0.15) is 0 Å². The van der Waals surface area contributed by atoms with Gasteiger partial charge in [-0.15, -0.1) is 0 Å². The van der Waals surface area contributed by atoms with Crippen molar-refractivity contribution in [2.24, 2.45) is 5.41 Å². The Labute approximate surface area is 180 Å². The van der Waals surface area contributed by atoms with Crippen molar-refractivity contribution >= 4 is 15.4 Å². The van der Waals surface area contributed by atoms with Crippen molar-refractivity contribution < 1.29 is 12.8 Å². The average Bonchev–Trinajstić information content (AvgIpc) is 3.04.